The van der Waals surface area contributed by atoms with Gasteiger partial charge < -0.3 is 15.5 Å². The molecule has 0 radical (unpaired) electrons. The summed E-state index contributed by atoms with van der Waals surface area (Å²) in [5, 5.41) is 5.38. The summed E-state index contributed by atoms with van der Waals surface area (Å²) in [5.41, 5.74) is 3.98. The number of anilines is 2. The molecule has 0 aliphatic rings. The molecule has 0 aliphatic heterocycles. The van der Waals surface area contributed by atoms with E-state index >= 15 is 0 Å². The number of hydrogen-bond acceptors (Lipinski definition) is 3. The van der Waals surface area contributed by atoms with Crippen LogP contribution in [0.3, 0.4) is 0 Å². The molecule has 2 amide bonds. The molecule has 154 valence electrons. The molecule has 0 saturated heterocycles. The van der Waals surface area contributed by atoms with Crippen LogP contribution < -0.4 is 15.5 Å². The number of amides is 2. The first-order valence-electron chi connectivity index (χ1n) is 10.0. The smallest absolute Gasteiger partial charge is 0.313 e. The lowest BCUT2D eigenvalue weighted by atomic mass is 9.88. The highest BCUT2D eigenvalue weighted by molar-refractivity contribution is 6.39. The van der Waals surface area contributed by atoms with Gasteiger partial charge in [-0.2, -0.15) is 0 Å². The molecule has 5 heteroatoms. The summed E-state index contributed by atoms with van der Waals surface area (Å²) in [7, 11) is 3.89. The van der Waals surface area contributed by atoms with Crippen molar-refractivity contribution in [2.75, 3.05) is 30.9 Å². The van der Waals surface area contributed by atoms with Gasteiger partial charge >= 0.3 is 11.8 Å². The maximum Gasteiger partial charge on any atom is 0.313 e. The number of nitrogens with one attached hydrogen (secondary N) is 2. The topological polar surface area (TPSA) is 61.4 Å². The van der Waals surface area contributed by atoms with Gasteiger partial charge in [-0.05, 0) is 41.8 Å². The van der Waals surface area contributed by atoms with Crippen molar-refractivity contribution in [2.24, 2.45) is 0 Å². The van der Waals surface area contributed by atoms with Gasteiger partial charge in [0.15, 0.2) is 0 Å². The lowest BCUT2D eigenvalue weighted by Crippen LogP contribution is -2.36. The minimum atomic E-state index is -0.663. The predicted molar refractivity (Wildman–Crippen MR) is 122 cm³/mol. The average Bonchev–Trinajstić information content (AvgIpc) is 2.78. The van der Waals surface area contributed by atoms with E-state index in [1.54, 1.807) is 12.1 Å². The Morgan fingerprint density at radius 1 is 0.767 bits per heavy atom. The van der Waals surface area contributed by atoms with Crippen molar-refractivity contribution in [3.8, 4) is 0 Å². The van der Waals surface area contributed by atoms with Gasteiger partial charge in [-0.25, -0.2) is 0 Å². The van der Waals surface area contributed by atoms with Crippen molar-refractivity contribution >= 4 is 23.2 Å². The maximum absolute atomic E-state index is 12.2. The van der Waals surface area contributed by atoms with Gasteiger partial charge in [0.1, 0.15) is 0 Å². The zero-order chi connectivity index (χ0) is 21.3. The van der Waals surface area contributed by atoms with E-state index in [-0.39, 0.29) is 5.92 Å². The van der Waals surface area contributed by atoms with Gasteiger partial charge in [-0.1, -0.05) is 60.7 Å². The monoisotopic (exact) mass is 401 g/mol. The summed E-state index contributed by atoms with van der Waals surface area (Å²) in [5.74, 6) is -1.15. The first kappa shape index (κ1) is 21.1. The van der Waals surface area contributed by atoms with Gasteiger partial charge in [-0.15, -0.1) is 0 Å². The minimum Gasteiger partial charge on any atom is -0.378 e. The Morgan fingerprint density at radius 3 is 1.80 bits per heavy atom. The molecule has 0 atom stereocenters. The van der Waals surface area contributed by atoms with Crippen LogP contribution in [-0.2, 0) is 9.59 Å². The molecule has 0 saturated carbocycles. The van der Waals surface area contributed by atoms with Crippen LogP contribution in [-0.4, -0.2) is 32.5 Å². The third-order valence-corrected chi connectivity index (χ3v) is 4.97. The molecule has 0 bridgehead atoms. The Balaban J connectivity index is 1.56. The van der Waals surface area contributed by atoms with E-state index in [2.05, 4.69) is 34.9 Å². The van der Waals surface area contributed by atoms with E-state index in [0.717, 1.165) is 5.69 Å². The fourth-order valence-corrected chi connectivity index (χ4v) is 3.34. The molecular formula is C25H27N3O2. The van der Waals surface area contributed by atoms with Crippen molar-refractivity contribution in [3.05, 3.63) is 96.1 Å². The number of nitrogens with zero attached hydrogens (tertiary/aromatic N) is 1. The number of carbonyl (C=O) groups is 2. The van der Waals surface area contributed by atoms with Crippen LogP contribution in [0.1, 0.15) is 23.5 Å². The number of carbonyl (C=O) groups excluding carboxylic acids is 2. The van der Waals surface area contributed by atoms with Gasteiger partial charge in [0.25, 0.3) is 0 Å². The van der Waals surface area contributed by atoms with Crippen LogP contribution >= 0.6 is 0 Å². The molecule has 5 nitrogen and oxygen atoms in total. The van der Waals surface area contributed by atoms with E-state index in [1.165, 1.54) is 11.1 Å². The summed E-state index contributed by atoms with van der Waals surface area (Å²) >= 11 is 0. The minimum absolute atomic E-state index is 0.148. The maximum atomic E-state index is 12.2. The highest BCUT2D eigenvalue weighted by atomic mass is 16.2. The van der Waals surface area contributed by atoms with Crippen LogP contribution in [0.25, 0.3) is 0 Å². The molecular weight excluding hydrogens is 374 g/mol. The third kappa shape index (κ3) is 5.70. The van der Waals surface area contributed by atoms with E-state index in [4.69, 9.17) is 0 Å². The van der Waals surface area contributed by atoms with Crippen molar-refractivity contribution in [2.45, 2.75) is 12.3 Å². The number of hydrogen-bond donors (Lipinski definition) is 2. The molecule has 0 aromatic heterocycles. The first-order valence-corrected chi connectivity index (χ1v) is 10.0. The Morgan fingerprint density at radius 2 is 1.30 bits per heavy atom. The second-order valence-electron chi connectivity index (χ2n) is 7.31. The van der Waals surface area contributed by atoms with Crippen molar-refractivity contribution in [1.29, 1.82) is 0 Å². The number of benzene rings is 3. The predicted octanol–water partition coefficient (Wildman–Crippen LogP) is 4.03. The molecule has 0 aliphatic carbocycles. The van der Waals surface area contributed by atoms with Crippen LogP contribution in [0.4, 0.5) is 11.4 Å². The van der Waals surface area contributed by atoms with Crippen LogP contribution in [0.15, 0.2) is 84.9 Å². The molecule has 2 N–H and O–H groups in total. The summed E-state index contributed by atoms with van der Waals surface area (Å²) in [6.07, 6.45) is 0.699. The SMILES string of the molecule is CN(C)c1ccc(NC(=O)C(=O)NCCC(c2ccccc2)c2ccccc2)cc1. The van der Waals surface area contributed by atoms with Gasteiger partial charge in [-0.3, -0.25) is 9.59 Å². The third-order valence-electron chi connectivity index (χ3n) is 4.97. The molecule has 3 rings (SSSR count). The van der Waals surface area contributed by atoms with Gasteiger partial charge in [0, 0.05) is 37.9 Å². The molecule has 30 heavy (non-hydrogen) atoms. The summed E-state index contributed by atoms with van der Waals surface area (Å²) in [6, 6.07) is 27.7. The molecule has 3 aromatic rings. The Hall–Kier alpha value is -3.60. The largest absolute Gasteiger partial charge is 0.378 e. The van der Waals surface area contributed by atoms with Crippen LogP contribution in [0.2, 0.25) is 0 Å². The lowest BCUT2D eigenvalue weighted by Gasteiger charge is -2.18. The van der Waals surface area contributed by atoms with Crippen LogP contribution in [0, 0.1) is 0 Å². The molecule has 0 heterocycles. The van der Waals surface area contributed by atoms with Crippen molar-refractivity contribution < 1.29 is 9.59 Å². The van der Waals surface area contributed by atoms with Gasteiger partial charge in [0.05, 0.1) is 0 Å². The summed E-state index contributed by atoms with van der Waals surface area (Å²) < 4.78 is 0. The Kier molecular flexibility index (Phi) is 7.22. The average molecular weight is 402 g/mol. The van der Waals surface area contributed by atoms with Crippen molar-refractivity contribution in [3.63, 3.8) is 0 Å². The molecule has 0 spiro atoms. The quantitative estimate of drug-likeness (QED) is 0.588. The summed E-state index contributed by atoms with van der Waals surface area (Å²) in [4.78, 5) is 26.4. The highest BCUT2D eigenvalue weighted by Gasteiger charge is 2.17. The lowest BCUT2D eigenvalue weighted by molar-refractivity contribution is -0.136. The zero-order valence-electron chi connectivity index (χ0n) is 17.3. The standard InChI is InChI=1S/C25H27N3O2/c1-28(2)22-15-13-21(14-16-22)27-25(30)24(29)26-18-17-23(19-9-5-3-6-10-19)20-11-7-4-8-12-20/h3-16,23H,17-18H2,1-2H3,(H,26,29)(H,27,30). The zero-order valence-corrected chi connectivity index (χ0v) is 17.3. The van der Waals surface area contributed by atoms with Gasteiger partial charge in [0.2, 0.25) is 0 Å². The normalized spacial score (nSPS) is 10.5. The van der Waals surface area contributed by atoms with E-state index in [0.29, 0.717) is 18.7 Å². The fraction of sp³-hybridized carbons (Fsp3) is 0.200. The van der Waals surface area contributed by atoms with E-state index < -0.39 is 11.8 Å². The molecule has 0 unspecified atom stereocenters. The molecule has 0 fully saturated rings. The van der Waals surface area contributed by atoms with E-state index in [9.17, 15) is 9.59 Å². The Bertz CT molecular complexity index is 915. The molecule has 3 aromatic carbocycles. The second kappa shape index (κ2) is 10.3. The van der Waals surface area contributed by atoms with E-state index in [1.807, 2.05) is 67.5 Å². The Labute approximate surface area is 177 Å². The van der Waals surface area contributed by atoms with Crippen molar-refractivity contribution in [1.82, 2.24) is 5.32 Å². The highest BCUT2D eigenvalue weighted by Crippen LogP contribution is 2.27. The fourth-order valence-electron chi connectivity index (χ4n) is 3.34. The first-order chi connectivity index (χ1) is 14.5. The number of rotatable bonds is 7. The summed E-state index contributed by atoms with van der Waals surface area (Å²) in [6.45, 7) is 0.403. The second-order valence-corrected chi connectivity index (χ2v) is 7.31. The van der Waals surface area contributed by atoms with Crippen LogP contribution in [0.5, 0.6) is 0 Å².